The van der Waals surface area contributed by atoms with E-state index in [1.807, 2.05) is 6.92 Å². The van der Waals surface area contributed by atoms with Crippen molar-refractivity contribution in [3.05, 3.63) is 47.0 Å². The lowest BCUT2D eigenvalue weighted by Crippen LogP contribution is -2.33. The number of ether oxygens (including phenoxy) is 3. The summed E-state index contributed by atoms with van der Waals surface area (Å²) >= 11 is 0. The van der Waals surface area contributed by atoms with E-state index in [4.69, 9.17) is 19.2 Å². The molecule has 40 heavy (non-hydrogen) atoms. The van der Waals surface area contributed by atoms with Crippen LogP contribution >= 0.6 is 0 Å². The van der Waals surface area contributed by atoms with E-state index in [2.05, 4.69) is 20.7 Å². The molecule has 2 amide bonds. The molecule has 1 aliphatic rings. The molecule has 0 saturated heterocycles. The van der Waals surface area contributed by atoms with Gasteiger partial charge < -0.3 is 29.8 Å². The van der Waals surface area contributed by atoms with Crippen molar-refractivity contribution < 1.29 is 28.6 Å². The van der Waals surface area contributed by atoms with Gasteiger partial charge in [0.25, 0.3) is 5.91 Å². The molecule has 4 heterocycles. The van der Waals surface area contributed by atoms with Crippen molar-refractivity contribution >= 4 is 35.3 Å². The second-order valence-corrected chi connectivity index (χ2v) is 10.3. The van der Waals surface area contributed by atoms with Gasteiger partial charge in [0.1, 0.15) is 11.3 Å². The van der Waals surface area contributed by atoms with E-state index >= 15 is 0 Å². The van der Waals surface area contributed by atoms with E-state index < -0.39 is 17.7 Å². The minimum atomic E-state index is -0.564. The molecule has 0 fully saturated rings. The van der Waals surface area contributed by atoms with Gasteiger partial charge in [-0.05, 0) is 65.3 Å². The van der Waals surface area contributed by atoms with Crippen LogP contribution < -0.4 is 15.4 Å². The molecule has 0 radical (unpaired) electrons. The Bertz CT molecular complexity index is 1460. The van der Waals surface area contributed by atoms with Crippen LogP contribution in [-0.4, -0.2) is 63.1 Å². The standard InChI is InChI=1S/C28H34N6O6/c1-7-38-26(36)17-13-16(2)30-22(17)14-18-23-21(32-24(18)35)10-9-20(31-23)19-15-34(6)33-25(19)39-12-8-11-29-27(37)40-28(3,4)5/h9-10,13-15,30H,7-8,11-12H2,1-6H3,(H,29,37)(H,32,35)/b18-14-. The van der Waals surface area contributed by atoms with Gasteiger partial charge in [-0.1, -0.05) is 0 Å². The zero-order chi connectivity index (χ0) is 29.0. The van der Waals surface area contributed by atoms with Crippen molar-refractivity contribution in [3.8, 4) is 17.1 Å². The Labute approximate surface area is 232 Å². The van der Waals surface area contributed by atoms with E-state index in [0.29, 0.717) is 64.9 Å². The largest absolute Gasteiger partial charge is 0.476 e. The molecule has 3 aromatic heterocycles. The van der Waals surface area contributed by atoms with Gasteiger partial charge in [-0.15, -0.1) is 5.10 Å². The molecule has 212 valence electrons. The van der Waals surface area contributed by atoms with Crippen LogP contribution in [0.1, 0.15) is 61.6 Å². The lowest BCUT2D eigenvalue weighted by molar-refractivity contribution is -0.110. The maximum Gasteiger partial charge on any atom is 0.407 e. The van der Waals surface area contributed by atoms with Crippen molar-refractivity contribution in [3.63, 3.8) is 0 Å². The number of pyridine rings is 1. The number of nitrogens with zero attached hydrogens (tertiary/aromatic N) is 3. The fraction of sp³-hybridized carbons (Fsp3) is 0.393. The zero-order valence-corrected chi connectivity index (χ0v) is 23.5. The summed E-state index contributed by atoms with van der Waals surface area (Å²) in [5, 5.41) is 9.92. The van der Waals surface area contributed by atoms with Crippen LogP contribution in [0.2, 0.25) is 0 Å². The van der Waals surface area contributed by atoms with Crippen LogP contribution in [0, 0.1) is 6.92 Å². The number of carbonyl (C=O) groups is 3. The number of esters is 1. The number of hydrogen-bond donors (Lipinski definition) is 3. The van der Waals surface area contributed by atoms with Crippen molar-refractivity contribution in [1.82, 2.24) is 25.1 Å². The lowest BCUT2D eigenvalue weighted by Gasteiger charge is -2.19. The van der Waals surface area contributed by atoms with Crippen molar-refractivity contribution in [2.24, 2.45) is 7.05 Å². The zero-order valence-electron chi connectivity index (χ0n) is 23.5. The molecular weight excluding hydrogens is 516 g/mol. The molecule has 0 aliphatic carbocycles. The number of anilines is 1. The number of nitrogens with one attached hydrogen (secondary N) is 3. The van der Waals surface area contributed by atoms with Gasteiger partial charge in [0.15, 0.2) is 0 Å². The molecule has 0 bridgehead atoms. The second-order valence-electron chi connectivity index (χ2n) is 10.3. The summed E-state index contributed by atoms with van der Waals surface area (Å²) in [6.45, 7) is 9.89. The fourth-order valence-electron chi connectivity index (χ4n) is 4.09. The monoisotopic (exact) mass is 550 g/mol. The van der Waals surface area contributed by atoms with Gasteiger partial charge in [-0.25, -0.2) is 14.6 Å². The number of carbonyl (C=O) groups excluding carboxylic acids is 3. The maximum atomic E-state index is 12.9. The average Bonchev–Trinajstić information content (AvgIpc) is 3.52. The summed E-state index contributed by atoms with van der Waals surface area (Å²) in [7, 11) is 1.77. The Kier molecular flexibility index (Phi) is 8.26. The molecule has 0 saturated carbocycles. The summed E-state index contributed by atoms with van der Waals surface area (Å²) in [5.74, 6) is -0.432. The van der Waals surface area contributed by atoms with Gasteiger partial charge in [-0.2, -0.15) is 0 Å². The number of alkyl carbamates (subject to hydrolysis) is 1. The fourth-order valence-corrected chi connectivity index (χ4v) is 4.09. The number of H-pyrrole nitrogens is 1. The van der Waals surface area contributed by atoms with Crippen molar-refractivity contribution in [1.29, 1.82) is 0 Å². The van der Waals surface area contributed by atoms with Crippen LogP contribution in [0.15, 0.2) is 24.4 Å². The number of amides is 2. The second kappa shape index (κ2) is 11.6. The van der Waals surface area contributed by atoms with E-state index in [0.717, 1.165) is 5.69 Å². The van der Waals surface area contributed by atoms with Crippen LogP contribution in [-0.2, 0) is 21.3 Å². The maximum absolute atomic E-state index is 12.9. The normalized spacial score (nSPS) is 13.7. The molecule has 12 nitrogen and oxygen atoms in total. The number of aromatic amines is 1. The smallest absolute Gasteiger partial charge is 0.407 e. The number of hydrogen-bond acceptors (Lipinski definition) is 8. The minimum absolute atomic E-state index is 0.239. The first kappa shape index (κ1) is 28.4. The Hall–Kier alpha value is -4.61. The Morgan fingerprint density at radius 1 is 1.23 bits per heavy atom. The first-order chi connectivity index (χ1) is 18.9. The molecule has 4 rings (SSSR count). The van der Waals surface area contributed by atoms with Gasteiger partial charge >= 0.3 is 12.1 Å². The number of fused-ring (bicyclic) bond motifs is 1. The minimum Gasteiger partial charge on any atom is -0.476 e. The predicted molar refractivity (Wildman–Crippen MR) is 149 cm³/mol. The van der Waals surface area contributed by atoms with E-state index in [1.54, 1.807) is 69.9 Å². The Balaban J connectivity index is 1.52. The molecule has 0 spiro atoms. The van der Waals surface area contributed by atoms with Gasteiger partial charge in [0.2, 0.25) is 5.88 Å². The summed E-state index contributed by atoms with van der Waals surface area (Å²) in [6, 6.07) is 5.23. The molecule has 0 aromatic carbocycles. The molecule has 12 heteroatoms. The van der Waals surface area contributed by atoms with Crippen LogP contribution in [0.25, 0.3) is 22.9 Å². The van der Waals surface area contributed by atoms with Gasteiger partial charge in [0, 0.05) is 25.5 Å². The molecule has 3 N–H and O–H groups in total. The highest BCUT2D eigenvalue weighted by Gasteiger charge is 2.28. The first-order valence-electron chi connectivity index (χ1n) is 13.0. The highest BCUT2D eigenvalue weighted by molar-refractivity contribution is 6.34. The summed E-state index contributed by atoms with van der Waals surface area (Å²) < 4.78 is 17.9. The van der Waals surface area contributed by atoms with E-state index in [9.17, 15) is 14.4 Å². The third-order valence-electron chi connectivity index (χ3n) is 5.71. The number of rotatable bonds is 9. The van der Waals surface area contributed by atoms with Crippen molar-refractivity contribution in [2.45, 2.75) is 46.6 Å². The quantitative estimate of drug-likeness (QED) is 0.205. The highest BCUT2D eigenvalue weighted by Crippen LogP contribution is 2.36. The topological polar surface area (TPSA) is 149 Å². The third-order valence-corrected chi connectivity index (χ3v) is 5.71. The lowest BCUT2D eigenvalue weighted by atomic mass is 10.1. The van der Waals surface area contributed by atoms with Gasteiger partial charge in [-0.3, -0.25) is 9.48 Å². The molecule has 3 aromatic rings. The van der Waals surface area contributed by atoms with Gasteiger partial charge in [0.05, 0.1) is 47.0 Å². The first-order valence-corrected chi connectivity index (χ1v) is 13.0. The summed E-state index contributed by atoms with van der Waals surface area (Å²) in [4.78, 5) is 45.0. The number of aryl methyl sites for hydroxylation is 2. The summed E-state index contributed by atoms with van der Waals surface area (Å²) in [6.07, 6.45) is 3.44. The SMILES string of the molecule is CCOC(=O)c1cc(C)[nH]c1/C=C1\C(=O)Nc2ccc(-c3cn(C)nc3OCCCNC(=O)OC(C)(C)C)nc21. The average molecular weight is 551 g/mol. The Morgan fingerprint density at radius 2 is 2.00 bits per heavy atom. The highest BCUT2D eigenvalue weighted by atomic mass is 16.6. The van der Waals surface area contributed by atoms with Crippen molar-refractivity contribution in [2.75, 3.05) is 25.1 Å². The predicted octanol–water partition coefficient (Wildman–Crippen LogP) is 4.08. The number of aromatic nitrogens is 4. The summed E-state index contributed by atoms with van der Waals surface area (Å²) in [5.41, 5.74) is 3.51. The van der Waals surface area contributed by atoms with E-state index in [1.165, 1.54) is 0 Å². The third kappa shape index (κ3) is 6.68. The Morgan fingerprint density at radius 3 is 2.73 bits per heavy atom. The van der Waals surface area contributed by atoms with Crippen LogP contribution in [0.3, 0.4) is 0 Å². The molecular formula is C28H34N6O6. The molecule has 0 atom stereocenters. The molecule has 0 unspecified atom stereocenters. The van der Waals surface area contributed by atoms with E-state index in [-0.39, 0.29) is 12.5 Å². The van der Waals surface area contributed by atoms with Crippen LogP contribution in [0.4, 0.5) is 10.5 Å². The van der Waals surface area contributed by atoms with Crippen LogP contribution in [0.5, 0.6) is 5.88 Å². The molecule has 1 aliphatic heterocycles.